The van der Waals surface area contributed by atoms with Crippen LogP contribution in [0, 0.1) is 25.6 Å². The monoisotopic (exact) mass is 331 g/mol. The van der Waals surface area contributed by atoms with Crippen molar-refractivity contribution < 1.29 is 14.3 Å². The third-order valence-corrected chi connectivity index (χ3v) is 4.63. The summed E-state index contributed by atoms with van der Waals surface area (Å²) in [4.78, 5) is 11.0. The number of aromatic nitrogens is 2. The molecule has 1 aromatic carbocycles. The van der Waals surface area contributed by atoms with Gasteiger partial charge in [0.05, 0.1) is 11.6 Å². The van der Waals surface area contributed by atoms with Crippen LogP contribution < -0.4 is 5.32 Å². The van der Waals surface area contributed by atoms with Crippen LogP contribution >= 0.6 is 0 Å². The van der Waals surface area contributed by atoms with E-state index in [1.165, 1.54) is 6.07 Å². The second-order valence-corrected chi connectivity index (χ2v) is 6.54. The molecule has 0 saturated heterocycles. The van der Waals surface area contributed by atoms with E-state index in [1.807, 2.05) is 26.0 Å². The number of hydrogen-bond donors (Lipinski definition) is 2. The van der Waals surface area contributed by atoms with E-state index in [4.69, 9.17) is 5.11 Å². The maximum atomic E-state index is 14.5. The summed E-state index contributed by atoms with van der Waals surface area (Å²) in [6.45, 7) is 3.78. The molecule has 0 aliphatic heterocycles. The third kappa shape index (κ3) is 3.42. The number of carboxylic acid groups (broad SMARTS) is 1. The predicted molar refractivity (Wildman–Crippen MR) is 90.0 cm³/mol. The molecule has 2 aromatic rings. The van der Waals surface area contributed by atoms with Crippen LogP contribution in [-0.2, 0) is 4.79 Å². The van der Waals surface area contributed by atoms with Crippen LogP contribution in [0.25, 0.3) is 5.69 Å². The highest BCUT2D eigenvalue weighted by Crippen LogP contribution is 2.28. The minimum Gasteiger partial charge on any atom is -0.481 e. The number of benzene rings is 1. The lowest BCUT2D eigenvalue weighted by Crippen LogP contribution is -2.29. The van der Waals surface area contributed by atoms with Crippen LogP contribution in [0.3, 0.4) is 0 Å². The lowest BCUT2D eigenvalue weighted by molar-refractivity contribution is -0.142. The first kappa shape index (κ1) is 16.5. The number of aryl methyl sites for hydroxylation is 2. The van der Waals surface area contributed by atoms with Crippen LogP contribution in [0.4, 0.5) is 10.1 Å². The average Bonchev–Trinajstić information content (AvgIpc) is 2.86. The Labute approximate surface area is 140 Å². The maximum absolute atomic E-state index is 14.5. The highest BCUT2D eigenvalue weighted by molar-refractivity contribution is 5.70. The molecule has 1 aromatic heterocycles. The van der Waals surface area contributed by atoms with Gasteiger partial charge in [0.25, 0.3) is 0 Å². The summed E-state index contributed by atoms with van der Waals surface area (Å²) < 4.78 is 16.1. The van der Waals surface area contributed by atoms with Gasteiger partial charge in [-0.2, -0.15) is 5.10 Å². The topological polar surface area (TPSA) is 67.2 Å². The third-order valence-electron chi connectivity index (χ3n) is 4.63. The van der Waals surface area contributed by atoms with Gasteiger partial charge in [-0.3, -0.25) is 4.79 Å². The number of nitrogens with one attached hydrogen (secondary N) is 1. The zero-order valence-electron chi connectivity index (χ0n) is 13.9. The minimum absolute atomic E-state index is 0.194. The highest BCUT2D eigenvalue weighted by Gasteiger charge is 2.25. The number of hydrogen-bond acceptors (Lipinski definition) is 3. The van der Waals surface area contributed by atoms with Crippen LogP contribution in [0.1, 0.15) is 37.1 Å². The summed E-state index contributed by atoms with van der Waals surface area (Å²) in [6, 6.07) is 7.15. The van der Waals surface area contributed by atoms with E-state index in [9.17, 15) is 9.18 Å². The van der Waals surface area contributed by atoms with Crippen molar-refractivity contribution >= 4 is 11.7 Å². The Bertz CT molecular complexity index is 749. The quantitative estimate of drug-likeness (QED) is 0.897. The van der Waals surface area contributed by atoms with Crippen molar-refractivity contribution in [3.8, 4) is 5.69 Å². The number of nitrogens with zero attached hydrogens (tertiary/aromatic N) is 2. The Morgan fingerprint density at radius 2 is 1.96 bits per heavy atom. The van der Waals surface area contributed by atoms with E-state index in [2.05, 4.69) is 10.4 Å². The van der Waals surface area contributed by atoms with Gasteiger partial charge < -0.3 is 10.4 Å². The summed E-state index contributed by atoms with van der Waals surface area (Å²) in [7, 11) is 0. The Kier molecular flexibility index (Phi) is 4.55. The van der Waals surface area contributed by atoms with E-state index in [-0.39, 0.29) is 17.8 Å². The van der Waals surface area contributed by atoms with Gasteiger partial charge >= 0.3 is 5.97 Å². The lowest BCUT2D eigenvalue weighted by Gasteiger charge is -2.27. The average molecular weight is 331 g/mol. The Morgan fingerprint density at radius 3 is 2.50 bits per heavy atom. The van der Waals surface area contributed by atoms with Gasteiger partial charge in [-0.15, -0.1) is 0 Å². The molecule has 2 N–H and O–H groups in total. The van der Waals surface area contributed by atoms with Gasteiger partial charge in [-0.1, -0.05) is 0 Å². The molecule has 0 atom stereocenters. The first-order chi connectivity index (χ1) is 11.4. The first-order valence-electron chi connectivity index (χ1n) is 8.26. The largest absolute Gasteiger partial charge is 0.481 e. The van der Waals surface area contributed by atoms with Gasteiger partial charge in [-0.05, 0) is 63.8 Å². The second kappa shape index (κ2) is 6.63. The Hall–Kier alpha value is -2.37. The Morgan fingerprint density at radius 1 is 1.25 bits per heavy atom. The zero-order valence-corrected chi connectivity index (χ0v) is 13.9. The predicted octanol–water partition coefficient (Wildman–Crippen LogP) is 3.68. The van der Waals surface area contributed by atoms with Crippen LogP contribution in [0.2, 0.25) is 0 Å². The number of carbonyl (C=O) groups is 1. The molecule has 5 nitrogen and oxygen atoms in total. The van der Waals surface area contributed by atoms with Gasteiger partial charge in [0.2, 0.25) is 0 Å². The van der Waals surface area contributed by atoms with Crippen molar-refractivity contribution in [2.24, 2.45) is 5.92 Å². The molecule has 3 rings (SSSR count). The molecule has 1 fully saturated rings. The molecule has 0 radical (unpaired) electrons. The summed E-state index contributed by atoms with van der Waals surface area (Å²) in [5.74, 6) is -1.28. The van der Waals surface area contributed by atoms with Gasteiger partial charge in [-0.25, -0.2) is 9.07 Å². The highest BCUT2D eigenvalue weighted by atomic mass is 19.1. The Balaban J connectivity index is 1.69. The van der Waals surface area contributed by atoms with Crippen molar-refractivity contribution in [3.05, 3.63) is 41.5 Å². The standard InChI is InChI=1S/C18H22FN3O2/c1-11-9-12(2)22(21-11)17-8-7-15(10-16(17)19)20-14-5-3-13(4-6-14)18(23)24/h7-10,13-14,20H,3-6H2,1-2H3,(H,23,24). The fraction of sp³-hybridized carbons (Fsp3) is 0.444. The molecule has 1 heterocycles. The second-order valence-electron chi connectivity index (χ2n) is 6.54. The molecular weight excluding hydrogens is 309 g/mol. The molecule has 1 aliphatic rings. The molecule has 128 valence electrons. The molecule has 24 heavy (non-hydrogen) atoms. The summed E-state index contributed by atoms with van der Waals surface area (Å²) >= 11 is 0. The van der Waals surface area contributed by atoms with E-state index in [0.29, 0.717) is 18.5 Å². The van der Waals surface area contributed by atoms with Crippen molar-refractivity contribution in [1.82, 2.24) is 9.78 Å². The zero-order chi connectivity index (χ0) is 17.3. The molecular formula is C18H22FN3O2. The molecule has 1 aliphatic carbocycles. The van der Waals surface area contributed by atoms with Gasteiger partial charge in [0.1, 0.15) is 5.69 Å². The van der Waals surface area contributed by atoms with Crippen LogP contribution in [0.5, 0.6) is 0 Å². The fourth-order valence-corrected chi connectivity index (χ4v) is 3.36. The molecule has 6 heteroatoms. The van der Waals surface area contributed by atoms with E-state index in [0.717, 1.165) is 29.9 Å². The summed E-state index contributed by atoms with van der Waals surface area (Å²) in [6.07, 6.45) is 2.91. The van der Waals surface area contributed by atoms with Gasteiger partial charge in [0.15, 0.2) is 5.82 Å². The SMILES string of the molecule is Cc1cc(C)n(-c2ccc(NC3CCC(C(=O)O)CC3)cc2F)n1. The van der Waals surface area contributed by atoms with Crippen molar-refractivity contribution in [3.63, 3.8) is 0 Å². The molecule has 1 saturated carbocycles. The summed E-state index contributed by atoms with van der Waals surface area (Å²) in [5.41, 5.74) is 2.89. The van der Waals surface area contributed by atoms with Crippen LogP contribution in [-0.4, -0.2) is 26.9 Å². The number of rotatable bonds is 4. The number of anilines is 1. The van der Waals surface area contributed by atoms with Crippen molar-refractivity contribution in [1.29, 1.82) is 0 Å². The van der Waals surface area contributed by atoms with Crippen molar-refractivity contribution in [2.45, 2.75) is 45.6 Å². The molecule has 0 spiro atoms. The van der Waals surface area contributed by atoms with E-state index >= 15 is 0 Å². The number of aliphatic carboxylic acids is 1. The summed E-state index contributed by atoms with van der Waals surface area (Å²) in [5, 5.41) is 16.7. The molecule has 0 amide bonds. The van der Waals surface area contributed by atoms with Crippen molar-refractivity contribution in [2.75, 3.05) is 5.32 Å². The normalized spacial score (nSPS) is 20.8. The van der Waals surface area contributed by atoms with Gasteiger partial charge in [0, 0.05) is 17.4 Å². The van der Waals surface area contributed by atoms with Crippen LogP contribution in [0.15, 0.2) is 24.3 Å². The van der Waals surface area contributed by atoms with E-state index in [1.54, 1.807) is 10.7 Å². The number of carboxylic acids is 1. The minimum atomic E-state index is -0.714. The lowest BCUT2D eigenvalue weighted by atomic mass is 9.86. The molecule has 0 unspecified atom stereocenters. The first-order valence-corrected chi connectivity index (χ1v) is 8.26. The maximum Gasteiger partial charge on any atom is 0.306 e. The molecule has 0 bridgehead atoms. The fourth-order valence-electron chi connectivity index (χ4n) is 3.36. The van der Waals surface area contributed by atoms with E-state index < -0.39 is 5.97 Å². The smallest absolute Gasteiger partial charge is 0.306 e. The number of halogens is 1.